The molecule has 1 aromatic carbocycles. The van der Waals surface area contributed by atoms with Crippen LogP contribution in [0.1, 0.15) is 5.56 Å². The van der Waals surface area contributed by atoms with Gasteiger partial charge in [-0.2, -0.15) is 0 Å². The second-order valence-electron chi connectivity index (χ2n) is 4.34. The summed E-state index contributed by atoms with van der Waals surface area (Å²) < 4.78 is 5.12. The fourth-order valence-electron chi connectivity index (χ4n) is 2.05. The third-order valence-electron chi connectivity index (χ3n) is 3.23. The van der Waals surface area contributed by atoms with Crippen molar-refractivity contribution in [1.29, 1.82) is 0 Å². The lowest BCUT2D eigenvalue weighted by Gasteiger charge is -2.33. The summed E-state index contributed by atoms with van der Waals surface area (Å²) in [6.45, 7) is 1.31. The third kappa shape index (κ3) is 2.77. The van der Waals surface area contributed by atoms with E-state index in [1.807, 2.05) is 36.2 Å². The van der Waals surface area contributed by atoms with Gasteiger partial charge in [-0.25, -0.2) is 0 Å². The molecule has 1 amide bonds. The maximum atomic E-state index is 11.5. The van der Waals surface area contributed by atoms with Gasteiger partial charge in [-0.15, -0.1) is 0 Å². The van der Waals surface area contributed by atoms with Crippen LogP contribution in [0.4, 0.5) is 0 Å². The van der Waals surface area contributed by atoms with Crippen LogP contribution in [0.5, 0.6) is 5.75 Å². The molecule has 0 aromatic heterocycles. The summed E-state index contributed by atoms with van der Waals surface area (Å²) in [5.41, 5.74) is 1.22. The van der Waals surface area contributed by atoms with E-state index in [4.69, 9.17) is 4.74 Å². The van der Waals surface area contributed by atoms with Crippen LogP contribution in [0.25, 0.3) is 0 Å². The molecule has 1 atom stereocenters. The monoisotopic (exact) mass is 234 g/mol. The quantitative estimate of drug-likeness (QED) is 0.835. The van der Waals surface area contributed by atoms with Gasteiger partial charge in [0.1, 0.15) is 5.75 Å². The summed E-state index contributed by atoms with van der Waals surface area (Å²) in [4.78, 5) is 13.4. The number of rotatable bonds is 3. The fourth-order valence-corrected chi connectivity index (χ4v) is 2.05. The van der Waals surface area contributed by atoms with Crippen LogP contribution in [-0.4, -0.2) is 44.1 Å². The van der Waals surface area contributed by atoms with Crippen LogP contribution in [0, 0.1) is 0 Å². The maximum absolute atomic E-state index is 11.5. The predicted molar refractivity (Wildman–Crippen MR) is 66.1 cm³/mol. The molecule has 0 aliphatic carbocycles. The zero-order chi connectivity index (χ0) is 12.3. The van der Waals surface area contributed by atoms with E-state index in [1.165, 1.54) is 5.56 Å². The summed E-state index contributed by atoms with van der Waals surface area (Å²) in [5.74, 6) is 1.02. The molecule has 1 N–H and O–H groups in total. The van der Waals surface area contributed by atoms with Crippen molar-refractivity contribution in [2.45, 2.75) is 12.5 Å². The maximum Gasteiger partial charge on any atom is 0.236 e. The van der Waals surface area contributed by atoms with Crippen molar-refractivity contribution in [3.63, 3.8) is 0 Å². The topological polar surface area (TPSA) is 41.6 Å². The number of methoxy groups -OCH3 is 1. The molecule has 1 heterocycles. The molecule has 4 heteroatoms. The smallest absolute Gasteiger partial charge is 0.236 e. The lowest BCUT2D eigenvalue weighted by Crippen LogP contribution is -2.53. The first kappa shape index (κ1) is 11.9. The van der Waals surface area contributed by atoms with Crippen LogP contribution in [0.3, 0.4) is 0 Å². The highest BCUT2D eigenvalue weighted by Gasteiger charge is 2.24. The molecule has 0 bridgehead atoms. The third-order valence-corrected chi connectivity index (χ3v) is 3.23. The molecule has 2 rings (SSSR count). The Bertz CT molecular complexity index is 389. The Morgan fingerprint density at radius 2 is 2.12 bits per heavy atom. The summed E-state index contributed by atoms with van der Waals surface area (Å²) in [6, 6.07) is 8.24. The number of piperazine rings is 1. The van der Waals surface area contributed by atoms with Crippen molar-refractivity contribution in [3.8, 4) is 5.75 Å². The second-order valence-corrected chi connectivity index (χ2v) is 4.34. The molecule has 1 saturated heterocycles. The van der Waals surface area contributed by atoms with Gasteiger partial charge >= 0.3 is 0 Å². The van der Waals surface area contributed by atoms with E-state index in [0.717, 1.165) is 18.7 Å². The number of carbonyl (C=O) groups is 1. The number of nitrogens with one attached hydrogen (secondary N) is 1. The zero-order valence-corrected chi connectivity index (χ0v) is 10.3. The van der Waals surface area contributed by atoms with Crippen LogP contribution >= 0.6 is 0 Å². The number of carbonyl (C=O) groups excluding carboxylic acids is 1. The molecule has 4 nitrogen and oxygen atoms in total. The van der Waals surface area contributed by atoms with E-state index in [2.05, 4.69) is 5.32 Å². The largest absolute Gasteiger partial charge is 0.497 e. The van der Waals surface area contributed by atoms with E-state index in [1.54, 1.807) is 7.11 Å². The van der Waals surface area contributed by atoms with Crippen molar-refractivity contribution < 1.29 is 9.53 Å². The van der Waals surface area contributed by atoms with Crippen molar-refractivity contribution in [2.24, 2.45) is 0 Å². The number of hydrogen-bond acceptors (Lipinski definition) is 3. The molecule has 1 aromatic rings. The first-order valence-corrected chi connectivity index (χ1v) is 5.80. The van der Waals surface area contributed by atoms with Crippen LogP contribution in [0.15, 0.2) is 24.3 Å². The summed E-state index contributed by atoms with van der Waals surface area (Å²) >= 11 is 0. The predicted octanol–water partition coefficient (Wildman–Crippen LogP) is 0.668. The van der Waals surface area contributed by atoms with Crippen LogP contribution < -0.4 is 10.1 Å². The van der Waals surface area contributed by atoms with E-state index in [-0.39, 0.29) is 11.9 Å². The number of hydrogen-bond donors (Lipinski definition) is 1. The summed E-state index contributed by atoms with van der Waals surface area (Å²) in [6.07, 6.45) is 0.874. The Balaban J connectivity index is 2.01. The molecule has 17 heavy (non-hydrogen) atoms. The van der Waals surface area contributed by atoms with Gasteiger partial charge in [0.05, 0.1) is 13.7 Å². The van der Waals surface area contributed by atoms with Crippen molar-refractivity contribution in [1.82, 2.24) is 10.2 Å². The van der Waals surface area contributed by atoms with Gasteiger partial charge in [-0.1, -0.05) is 12.1 Å². The van der Waals surface area contributed by atoms with E-state index >= 15 is 0 Å². The van der Waals surface area contributed by atoms with Crippen molar-refractivity contribution in [2.75, 3.05) is 27.2 Å². The molecular weight excluding hydrogens is 216 g/mol. The van der Waals surface area contributed by atoms with Crippen LogP contribution in [0.2, 0.25) is 0 Å². The number of benzene rings is 1. The molecule has 1 aliphatic heterocycles. The minimum atomic E-state index is 0.162. The average molecular weight is 234 g/mol. The lowest BCUT2D eigenvalue weighted by molar-refractivity contribution is -0.133. The molecule has 1 aliphatic rings. The Kier molecular flexibility index (Phi) is 3.64. The van der Waals surface area contributed by atoms with Gasteiger partial charge in [0, 0.05) is 19.6 Å². The highest BCUT2D eigenvalue weighted by molar-refractivity contribution is 5.79. The average Bonchev–Trinajstić information content (AvgIpc) is 2.36. The number of amides is 1. The minimum absolute atomic E-state index is 0.162. The van der Waals surface area contributed by atoms with Gasteiger partial charge in [-0.05, 0) is 24.1 Å². The zero-order valence-electron chi connectivity index (χ0n) is 10.3. The second kappa shape index (κ2) is 5.19. The van der Waals surface area contributed by atoms with Gasteiger partial charge in [0.15, 0.2) is 0 Å². The van der Waals surface area contributed by atoms with E-state index < -0.39 is 0 Å². The Morgan fingerprint density at radius 3 is 2.76 bits per heavy atom. The number of likely N-dealkylation sites (N-methyl/N-ethyl adjacent to an activating group) is 1. The Hall–Kier alpha value is -1.55. The summed E-state index contributed by atoms with van der Waals surface area (Å²) in [5, 5.41) is 3.14. The minimum Gasteiger partial charge on any atom is -0.497 e. The molecule has 1 fully saturated rings. The van der Waals surface area contributed by atoms with Gasteiger partial charge in [-0.3, -0.25) is 4.79 Å². The van der Waals surface area contributed by atoms with E-state index in [0.29, 0.717) is 6.54 Å². The molecule has 1 unspecified atom stereocenters. The first-order valence-electron chi connectivity index (χ1n) is 5.80. The van der Waals surface area contributed by atoms with E-state index in [9.17, 15) is 4.79 Å². The molecule has 0 saturated carbocycles. The molecule has 92 valence electrons. The highest BCUT2D eigenvalue weighted by atomic mass is 16.5. The molecular formula is C13H18N2O2. The molecule has 0 spiro atoms. The normalized spacial score (nSPS) is 20.5. The number of nitrogens with zero attached hydrogens (tertiary/aromatic N) is 1. The fraction of sp³-hybridized carbons (Fsp3) is 0.462. The van der Waals surface area contributed by atoms with Gasteiger partial charge in [0.25, 0.3) is 0 Å². The first-order chi connectivity index (χ1) is 8.20. The van der Waals surface area contributed by atoms with Crippen molar-refractivity contribution >= 4 is 5.91 Å². The number of ether oxygens (including phenoxy) is 1. The summed E-state index contributed by atoms with van der Waals surface area (Å²) in [7, 11) is 3.53. The standard InChI is InChI=1S/C13H18N2O2/c1-15-11(8-14-9-13(15)16)7-10-3-5-12(17-2)6-4-10/h3-6,11,14H,7-9H2,1-2H3. The SMILES string of the molecule is COc1ccc(CC2CNCC(=O)N2C)cc1. The van der Waals surface area contributed by atoms with Crippen LogP contribution in [-0.2, 0) is 11.2 Å². The lowest BCUT2D eigenvalue weighted by atomic mass is 10.0. The van der Waals surface area contributed by atoms with Gasteiger partial charge in [0.2, 0.25) is 5.91 Å². The molecule has 0 radical (unpaired) electrons. The highest BCUT2D eigenvalue weighted by Crippen LogP contribution is 2.15. The van der Waals surface area contributed by atoms with Gasteiger partial charge < -0.3 is 15.0 Å². The Labute approximate surface area is 102 Å². The Morgan fingerprint density at radius 1 is 1.41 bits per heavy atom. The van der Waals surface area contributed by atoms with Crippen molar-refractivity contribution in [3.05, 3.63) is 29.8 Å².